The number of halogens is 2. The minimum absolute atomic E-state index is 0.0583. The molecule has 0 aliphatic heterocycles. The van der Waals surface area contributed by atoms with Crippen LogP contribution in [0.4, 0.5) is 4.39 Å². The normalized spacial score (nSPS) is 11.3. The monoisotopic (exact) mass is 449 g/mol. The number of alkyl halides is 1. The van der Waals surface area contributed by atoms with Crippen molar-refractivity contribution in [2.24, 2.45) is 0 Å². The Morgan fingerprint density at radius 2 is 1.26 bits per heavy atom. The van der Waals surface area contributed by atoms with Crippen LogP contribution in [-0.4, -0.2) is 13.3 Å². The van der Waals surface area contributed by atoms with Crippen LogP contribution in [0.25, 0.3) is 0 Å². The molecule has 0 aliphatic rings. The lowest BCUT2D eigenvalue weighted by Gasteiger charge is -2.28. The van der Waals surface area contributed by atoms with E-state index >= 15 is 0 Å². The van der Waals surface area contributed by atoms with E-state index < -0.39 is 13.9 Å². The fraction of sp³-hybridized carbons (Fsp3) is 0.111. The summed E-state index contributed by atoms with van der Waals surface area (Å²) in [7, 11) is -2.07. The Hall–Kier alpha value is -2.67. The summed E-state index contributed by atoms with van der Waals surface area (Å²) in [6.45, 7) is -0.449. The van der Waals surface area contributed by atoms with E-state index in [1.165, 1.54) is 21.5 Å². The van der Waals surface area contributed by atoms with E-state index in [2.05, 4.69) is 72.8 Å². The summed E-state index contributed by atoms with van der Waals surface area (Å²) in [5.41, 5.74) is 1.22. The molecule has 0 unspecified atom stereocenters. The number of ether oxygens (including phenoxy) is 1. The largest absolute Gasteiger partial charge is 0.491 e. The quantitative estimate of drug-likeness (QED) is 0.292. The Balaban J connectivity index is 1.95. The highest BCUT2D eigenvalue weighted by Crippen LogP contribution is 2.58. The van der Waals surface area contributed by atoms with Gasteiger partial charge in [-0.2, -0.15) is 0 Å². The summed E-state index contributed by atoms with van der Waals surface area (Å²) in [5, 5.41) is 4.52. The standard InChI is InChI=1S/C27H24ClFOP/c28-23-16-14-22(15-17-23)21-31(25-9-3-1-4-10-25,26-11-5-2-6-12-26)27-13-7-8-24(20-27)30-19-18-29/h1-17,20H,18-19,21H2/q+1. The molecule has 0 aliphatic carbocycles. The predicted octanol–water partition coefficient (Wildman–Crippen LogP) is 6.18. The van der Waals surface area contributed by atoms with Crippen molar-refractivity contribution >= 4 is 34.8 Å². The topological polar surface area (TPSA) is 9.23 Å². The van der Waals surface area contributed by atoms with Gasteiger partial charge in [-0.1, -0.05) is 66.2 Å². The average molecular weight is 450 g/mol. The Labute approximate surface area is 188 Å². The minimum Gasteiger partial charge on any atom is -0.491 e. The second kappa shape index (κ2) is 10.1. The highest BCUT2D eigenvalue weighted by atomic mass is 35.5. The van der Waals surface area contributed by atoms with E-state index in [0.29, 0.717) is 5.75 Å². The second-order valence-electron chi connectivity index (χ2n) is 7.30. The first kappa shape index (κ1) is 21.6. The van der Waals surface area contributed by atoms with Crippen molar-refractivity contribution in [3.63, 3.8) is 0 Å². The van der Waals surface area contributed by atoms with Gasteiger partial charge in [-0.15, -0.1) is 0 Å². The molecule has 0 saturated carbocycles. The van der Waals surface area contributed by atoms with Gasteiger partial charge in [0.05, 0.1) is 6.16 Å². The van der Waals surface area contributed by atoms with Crippen molar-refractivity contribution in [2.75, 3.05) is 13.3 Å². The van der Waals surface area contributed by atoms with Crippen LogP contribution in [0.1, 0.15) is 5.56 Å². The van der Waals surface area contributed by atoms with Crippen LogP contribution in [0.3, 0.4) is 0 Å². The van der Waals surface area contributed by atoms with E-state index in [9.17, 15) is 4.39 Å². The Morgan fingerprint density at radius 1 is 0.677 bits per heavy atom. The van der Waals surface area contributed by atoms with Gasteiger partial charge in [-0.05, 0) is 54.1 Å². The summed E-state index contributed by atoms with van der Waals surface area (Å²) in [6.07, 6.45) is 0.852. The molecule has 156 valence electrons. The Kier molecular flexibility index (Phi) is 7.02. The van der Waals surface area contributed by atoms with Crippen LogP contribution in [0, 0.1) is 0 Å². The van der Waals surface area contributed by atoms with Gasteiger partial charge in [-0.25, -0.2) is 4.39 Å². The van der Waals surface area contributed by atoms with Crippen LogP contribution in [0.2, 0.25) is 5.02 Å². The molecule has 4 rings (SSSR count). The fourth-order valence-electron chi connectivity index (χ4n) is 3.92. The molecule has 0 radical (unpaired) electrons. The number of hydrogen-bond donors (Lipinski definition) is 0. The number of hydrogen-bond acceptors (Lipinski definition) is 1. The molecule has 0 N–H and O–H groups in total. The van der Waals surface area contributed by atoms with Crippen LogP contribution in [-0.2, 0) is 6.16 Å². The van der Waals surface area contributed by atoms with E-state index in [4.69, 9.17) is 16.3 Å². The maximum Gasteiger partial charge on any atom is 0.123 e. The molecule has 4 heteroatoms. The molecule has 4 aromatic carbocycles. The summed E-state index contributed by atoms with van der Waals surface area (Å²) < 4.78 is 18.4. The van der Waals surface area contributed by atoms with Gasteiger partial charge >= 0.3 is 0 Å². The molecule has 0 aromatic heterocycles. The fourth-order valence-corrected chi connectivity index (χ4v) is 8.29. The summed E-state index contributed by atoms with van der Waals surface area (Å²) in [6, 6.07) is 37.6. The van der Waals surface area contributed by atoms with Crippen LogP contribution >= 0.6 is 18.9 Å². The number of rotatable bonds is 8. The molecule has 0 saturated heterocycles. The van der Waals surface area contributed by atoms with Gasteiger partial charge in [0.2, 0.25) is 0 Å². The third-order valence-electron chi connectivity index (χ3n) is 5.33. The van der Waals surface area contributed by atoms with E-state index in [1.54, 1.807) is 0 Å². The van der Waals surface area contributed by atoms with Crippen molar-refractivity contribution in [2.45, 2.75) is 6.16 Å². The van der Waals surface area contributed by atoms with Crippen molar-refractivity contribution in [1.82, 2.24) is 0 Å². The molecule has 0 amide bonds. The molecule has 1 nitrogen and oxygen atoms in total. The third kappa shape index (κ3) is 4.82. The van der Waals surface area contributed by atoms with Crippen molar-refractivity contribution in [1.29, 1.82) is 0 Å². The maximum absolute atomic E-state index is 12.7. The molecular formula is C27H24ClFOP+. The predicted molar refractivity (Wildman–Crippen MR) is 132 cm³/mol. The van der Waals surface area contributed by atoms with Gasteiger partial charge in [0.15, 0.2) is 0 Å². The SMILES string of the molecule is FCCOc1cccc([P+](Cc2ccc(Cl)cc2)(c2ccccc2)c2ccccc2)c1. The molecule has 0 atom stereocenters. The van der Waals surface area contributed by atoms with Crippen molar-refractivity contribution in [3.8, 4) is 5.75 Å². The van der Waals surface area contributed by atoms with E-state index in [1.807, 2.05) is 36.4 Å². The summed E-state index contributed by atoms with van der Waals surface area (Å²) in [4.78, 5) is 0. The summed E-state index contributed by atoms with van der Waals surface area (Å²) in [5.74, 6) is 0.697. The average Bonchev–Trinajstić information content (AvgIpc) is 2.84. The first-order chi connectivity index (χ1) is 15.2. The Bertz CT molecular complexity index is 1060. The Morgan fingerprint density at radius 3 is 1.84 bits per heavy atom. The van der Waals surface area contributed by atoms with Crippen LogP contribution in [0.15, 0.2) is 109 Å². The lowest BCUT2D eigenvalue weighted by molar-refractivity contribution is 0.273. The molecular weight excluding hydrogens is 426 g/mol. The molecule has 0 spiro atoms. The highest BCUT2D eigenvalue weighted by molar-refractivity contribution is 7.95. The molecule has 4 aromatic rings. The van der Waals surface area contributed by atoms with Gasteiger partial charge in [-0.3, -0.25) is 0 Å². The minimum atomic E-state index is -2.07. The number of benzene rings is 4. The van der Waals surface area contributed by atoms with Crippen LogP contribution in [0.5, 0.6) is 5.75 Å². The zero-order valence-electron chi connectivity index (χ0n) is 17.1. The van der Waals surface area contributed by atoms with E-state index in [0.717, 1.165) is 11.2 Å². The molecule has 0 fully saturated rings. The van der Waals surface area contributed by atoms with E-state index in [-0.39, 0.29) is 6.61 Å². The van der Waals surface area contributed by atoms with Crippen LogP contribution < -0.4 is 20.7 Å². The van der Waals surface area contributed by atoms with Gasteiger partial charge in [0.25, 0.3) is 0 Å². The lowest BCUT2D eigenvalue weighted by Crippen LogP contribution is -2.32. The van der Waals surface area contributed by atoms with Crippen molar-refractivity contribution in [3.05, 3.63) is 120 Å². The van der Waals surface area contributed by atoms with Gasteiger partial charge < -0.3 is 4.74 Å². The third-order valence-corrected chi connectivity index (χ3v) is 9.94. The van der Waals surface area contributed by atoms with Gasteiger partial charge in [0.1, 0.15) is 42.2 Å². The second-order valence-corrected chi connectivity index (χ2v) is 11.2. The zero-order chi connectivity index (χ0) is 21.5. The smallest absolute Gasteiger partial charge is 0.123 e. The molecule has 0 heterocycles. The molecule has 0 bridgehead atoms. The van der Waals surface area contributed by atoms with Crippen molar-refractivity contribution < 1.29 is 9.13 Å². The molecule has 31 heavy (non-hydrogen) atoms. The first-order valence-corrected chi connectivity index (χ1v) is 12.6. The van der Waals surface area contributed by atoms with Gasteiger partial charge in [0, 0.05) is 11.1 Å². The summed E-state index contributed by atoms with van der Waals surface area (Å²) >= 11 is 6.17. The highest BCUT2D eigenvalue weighted by Gasteiger charge is 2.45. The lowest BCUT2D eigenvalue weighted by atomic mass is 10.2. The first-order valence-electron chi connectivity index (χ1n) is 10.3. The maximum atomic E-state index is 12.7. The zero-order valence-corrected chi connectivity index (χ0v) is 18.8.